The van der Waals surface area contributed by atoms with Gasteiger partial charge in [0.25, 0.3) is 11.3 Å². The van der Waals surface area contributed by atoms with Crippen LogP contribution in [0.15, 0.2) is 35.1 Å². The lowest BCUT2D eigenvalue weighted by atomic mass is 9.94. The molecule has 2 aromatic heterocycles. The number of H-pyrrole nitrogens is 1. The van der Waals surface area contributed by atoms with Crippen molar-refractivity contribution < 1.29 is 4.79 Å². The highest BCUT2D eigenvalue weighted by Crippen LogP contribution is 2.25. The number of aromatic amines is 1. The first-order valence-electron chi connectivity index (χ1n) is 8.49. The normalized spacial score (nSPS) is 11.7. The Hall–Kier alpha value is -2.96. The van der Waals surface area contributed by atoms with E-state index in [0.29, 0.717) is 17.3 Å². The first-order valence-corrected chi connectivity index (χ1v) is 8.49. The number of nitrogens with one attached hydrogen (secondary N) is 1. The Balaban J connectivity index is 2.04. The van der Waals surface area contributed by atoms with Crippen LogP contribution in [0.3, 0.4) is 0 Å². The average Bonchev–Trinajstić information content (AvgIpc) is 2.94. The molecular weight excluding hydrogens is 330 g/mol. The maximum atomic E-state index is 13.0. The van der Waals surface area contributed by atoms with E-state index in [1.165, 1.54) is 10.6 Å². The quantitative estimate of drug-likeness (QED) is 0.784. The summed E-state index contributed by atoms with van der Waals surface area (Å²) in [6.07, 6.45) is 0. The van der Waals surface area contributed by atoms with Gasteiger partial charge in [-0.2, -0.15) is 9.50 Å². The monoisotopic (exact) mass is 353 g/mol. The van der Waals surface area contributed by atoms with Crippen molar-refractivity contribution in [1.82, 2.24) is 19.6 Å². The number of nitrogens with zero attached hydrogens (tertiary/aromatic N) is 4. The number of fused-ring (bicyclic) bond motifs is 1. The third-order valence-corrected chi connectivity index (χ3v) is 4.01. The molecule has 3 rings (SSSR count). The number of carbonyl (C=O) groups is 1. The first-order chi connectivity index (χ1) is 12.1. The molecule has 0 atom stereocenters. The average molecular weight is 353 g/mol. The zero-order valence-electron chi connectivity index (χ0n) is 15.7. The van der Waals surface area contributed by atoms with Crippen LogP contribution in [0, 0.1) is 19.3 Å². The second-order valence-electron chi connectivity index (χ2n) is 7.52. The van der Waals surface area contributed by atoms with E-state index in [4.69, 9.17) is 0 Å². The van der Waals surface area contributed by atoms with Crippen molar-refractivity contribution in [1.29, 1.82) is 0 Å². The maximum Gasteiger partial charge on any atom is 0.274 e. The highest BCUT2D eigenvalue weighted by atomic mass is 16.2. The Morgan fingerprint density at radius 1 is 1.19 bits per heavy atom. The summed E-state index contributed by atoms with van der Waals surface area (Å²) in [4.78, 5) is 35.4. The molecule has 0 aliphatic carbocycles. The van der Waals surface area contributed by atoms with Crippen LogP contribution >= 0.6 is 0 Å². The van der Waals surface area contributed by atoms with Crippen molar-refractivity contribution in [3.05, 3.63) is 57.8 Å². The van der Waals surface area contributed by atoms with Crippen LogP contribution in [0.1, 0.15) is 37.9 Å². The molecule has 1 N–H and O–H groups in total. The van der Waals surface area contributed by atoms with E-state index in [2.05, 4.69) is 15.1 Å². The summed E-state index contributed by atoms with van der Waals surface area (Å²) < 4.78 is 1.29. The van der Waals surface area contributed by atoms with Gasteiger partial charge in [0.2, 0.25) is 5.91 Å². The molecule has 26 heavy (non-hydrogen) atoms. The SMILES string of the molecule is Cc1cccc(N(Cc2nc3nc(C)cc(=O)n3[nH]2)C(=O)C(C)(C)C)c1. The summed E-state index contributed by atoms with van der Waals surface area (Å²) in [5, 5.41) is 2.95. The van der Waals surface area contributed by atoms with Crippen molar-refractivity contribution in [2.45, 2.75) is 41.2 Å². The van der Waals surface area contributed by atoms with E-state index in [1.54, 1.807) is 11.8 Å². The van der Waals surface area contributed by atoms with Gasteiger partial charge in [0, 0.05) is 22.9 Å². The van der Waals surface area contributed by atoms with Crippen molar-refractivity contribution in [3.63, 3.8) is 0 Å². The van der Waals surface area contributed by atoms with Gasteiger partial charge in [0.05, 0.1) is 6.54 Å². The summed E-state index contributed by atoms with van der Waals surface area (Å²) in [5.74, 6) is 0.775. The lowest BCUT2D eigenvalue weighted by Gasteiger charge is -2.29. The van der Waals surface area contributed by atoms with E-state index in [1.807, 2.05) is 52.0 Å². The van der Waals surface area contributed by atoms with Crippen LogP contribution in [0.25, 0.3) is 5.78 Å². The molecule has 0 saturated carbocycles. The summed E-state index contributed by atoms with van der Waals surface area (Å²) in [5.41, 5.74) is 1.68. The Bertz CT molecular complexity index is 1030. The standard InChI is InChI=1S/C19H23N5O2/c1-12-7-6-8-14(9-12)23(17(26)19(3,4)5)11-15-21-18-20-13(2)10-16(25)24(18)22-15/h6-10H,11H2,1-5H3,(H,20,21,22). The number of benzene rings is 1. The third-order valence-electron chi connectivity index (χ3n) is 4.01. The smallest absolute Gasteiger partial charge is 0.274 e. The molecule has 0 bridgehead atoms. The van der Waals surface area contributed by atoms with E-state index in [0.717, 1.165) is 11.3 Å². The minimum atomic E-state index is -0.554. The molecule has 0 aliphatic rings. The highest BCUT2D eigenvalue weighted by molar-refractivity contribution is 5.96. The van der Waals surface area contributed by atoms with Gasteiger partial charge in [-0.05, 0) is 31.5 Å². The molecule has 0 unspecified atom stereocenters. The van der Waals surface area contributed by atoms with Gasteiger partial charge in [-0.15, -0.1) is 0 Å². The molecule has 0 aliphatic heterocycles. The van der Waals surface area contributed by atoms with Crippen molar-refractivity contribution in [2.24, 2.45) is 5.41 Å². The van der Waals surface area contributed by atoms with Gasteiger partial charge >= 0.3 is 0 Å². The summed E-state index contributed by atoms with van der Waals surface area (Å²) in [6, 6.07) is 9.20. The Morgan fingerprint density at radius 3 is 2.58 bits per heavy atom. The molecule has 0 radical (unpaired) electrons. The zero-order chi connectivity index (χ0) is 19.1. The van der Waals surface area contributed by atoms with E-state index < -0.39 is 5.41 Å². The molecular formula is C19H23N5O2. The van der Waals surface area contributed by atoms with Crippen LogP contribution in [0.4, 0.5) is 5.69 Å². The number of aryl methyl sites for hydroxylation is 2. The molecule has 0 fully saturated rings. The Kier molecular flexibility index (Phi) is 4.39. The molecule has 0 saturated heterocycles. The summed E-state index contributed by atoms with van der Waals surface area (Å²) in [6.45, 7) is 9.60. The molecule has 0 spiro atoms. The van der Waals surface area contributed by atoms with E-state index in [-0.39, 0.29) is 18.0 Å². The summed E-state index contributed by atoms with van der Waals surface area (Å²) >= 11 is 0. The van der Waals surface area contributed by atoms with Crippen LogP contribution in [-0.4, -0.2) is 25.5 Å². The lowest BCUT2D eigenvalue weighted by Crippen LogP contribution is -2.39. The fraction of sp³-hybridized carbons (Fsp3) is 0.368. The van der Waals surface area contributed by atoms with Crippen molar-refractivity contribution >= 4 is 17.4 Å². The van der Waals surface area contributed by atoms with Crippen LogP contribution in [0.5, 0.6) is 0 Å². The zero-order valence-corrected chi connectivity index (χ0v) is 15.7. The van der Waals surface area contributed by atoms with E-state index >= 15 is 0 Å². The second kappa shape index (κ2) is 6.40. The first kappa shape index (κ1) is 17.8. The number of amides is 1. The largest absolute Gasteiger partial charge is 0.304 e. The number of anilines is 1. The summed E-state index contributed by atoms with van der Waals surface area (Å²) in [7, 11) is 0. The third kappa shape index (κ3) is 3.51. The molecule has 7 heteroatoms. The Morgan fingerprint density at radius 2 is 1.92 bits per heavy atom. The van der Waals surface area contributed by atoms with Crippen LogP contribution in [-0.2, 0) is 11.3 Å². The molecule has 7 nitrogen and oxygen atoms in total. The fourth-order valence-electron chi connectivity index (χ4n) is 2.74. The number of carbonyl (C=O) groups excluding carboxylic acids is 1. The molecule has 2 heterocycles. The van der Waals surface area contributed by atoms with Crippen molar-refractivity contribution in [3.8, 4) is 0 Å². The number of rotatable bonds is 3. The van der Waals surface area contributed by atoms with Crippen LogP contribution < -0.4 is 10.5 Å². The van der Waals surface area contributed by atoms with Gasteiger partial charge < -0.3 is 4.90 Å². The maximum absolute atomic E-state index is 13.0. The number of aromatic nitrogens is 4. The topological polar surface area (TPSA) is 83.4 Å². The lowest BCUT2D eigenvalue weighted by molar-refractivity contribution is -0.125. The fourth-order valence-corrected chi connectivity index (χ4v) is 2.74. The minimum Gasteiger partial charge on any atom is -0.304 e. The Labute approximate surface area is 151 Å². The van der Waals surface area contributed by atoms with Crippen LogP contribution in [0.2, 0.25) is 0 Å². The minimum absolute atomic E-state index is 0.0277. The van der Waals surface area contributed by atoms with Crippen molar-refractivity contribution in [2.75, 3.05) is 4.90 Å². The van der Waals surface area contributed by atoms with Gasteiger partial charge in [0.1, 0.15) is 5.82 Å². The second-order valence-corrected chi connectivity index (χ2v) is 7.52. The molecule has 3 aromatic rings. The molecule has 1 amide bonds. The molecule has 136 valence electrons. The predicted molar refractivity (Wildman–Crippen MR) is 100 cm³/mol. The van der Waals surface area contributed by atoms with Gasteiger partial charge in [-0.3, -0.25) is 14.7 Å². The van der Waals surface area contributed by atoms with Gasteiger partial charge in [0.15, 0.2) is 0 Å². The van der Waals surface area contributed by atoms with Gasteiger partial charge in [-0.25, -0.2) is 4.98 Å². The van der Waals surface area contributed by atoms with E-state index in [9.17, 15) is 9.59 Å². The predicted octanol–water partition coefficient (Wildman–Crippen LogP) is 2.61. The number of hydrogen-bond acceptors (Lipinski definition) is 4. The molecule has 1 aromatic carbocycles. The van der Waals surface area contributed by atoms with Gasteiger partial charge in [-0.1, -0.05) is 32.9 Å². The number of hydrogen-bond donors (Lipinski definition) is 1. The highest BCUT2D eigenvalue weighted by Gasteiger charge is 2.29.